The third-order valence-corrected chi connectivity index (χ3v) is 3.70. The predicted octanol–water partition coefficient (Wildman–Crippen LogP) is -0.146. The van der Waals surface area contributed by atoms with Crippen LogP contribution >= 0.6 is 0 Å². The molecule has 2 amide bonds. The third kappa shape index (κ3) is 4.80. The Kier molecular flexibility index (Phi) is 6.80. The van der Waals surface area contributed by atoms with Crippen LogP contribution < -0.4 is 11.5 Å². The normalized spacial score (nSPS) is 21.2. The molecule has 0 radical (unpaired) electrons. The summed E-state index contributed by atoms with van der Waals surface area (Å²) in [7, 11) is 0. The first-order valence-electron chi connectivity index (χ1n) is 6.96. The molecule has 0 bridgehead atoms. The van der Waals surface area contributed by atoms with Crippen molar-refractivity contribution in [3.63, 3.8) is 0 Å². The highest BCUT2D eigenvalue weighted by atomic mass is 16.5. The number of morpholine rings is 1. The van der Waals surface area contributed by atoms with Crippen LogP contribution in [0.25, 0.3) is 0 Å². The van der Waals surface area contributed by atoms with Crippen LogP contribution in [0.1, 0.15) is 32.6 Å². The molecule has 1 fully saturated rings. The van der Waals surface area contributed by atoms with Crippen LogP contribution in [0, 0.1) is 5.92 Å². The van der Waals surface area contributed by atoms with Crippen LogP contribution in [0.3, 0.4) is 0 Å². The van der Waals surface area contributed by atoms with Crippen LogP contribution in [-0.2, 0) is 14.3 Å². The van der Waals surface area contributed by atoms with Gasteiger partial charge in [-0.1, -0.05) is 13.3 Å². The van der Waals surface area contributed by atoms with Crippen LogP contribution in [0.4, 0.5) is 0 Å². The fraction of sp³-hybridized carbons (Fsp3) is 0.846. The molecule has 0 aromatic rings. The second kappa shape index (κ2) is 8.12. The summed E-state index contributed by atoms with van der Waals surface area (Å²) in [6.07, 6.45) is 3.22. The molecule has 0 saturated carbocycles. The van der Waals surface area contributed by atoms with E-state index in [0.717, 1.165) is 19.3 Å². The molecule has 4 N–H and O–H groups in total. The molecule has 1 aliphatic rings. The van der Waals surface area contributed by atoms with Crippen molar-refractivity contribution in [3.8, 4) is 0 Å². The Hall–Kier alpha value is -1.14. The van der Waals surface area contributed by atoms with Crippen LogP contribution in [-0.4, -0.2) is 49.1 Å². The lowest BCUT2D eigenvalue weighted by Gasteiger charge is -2.33. The van der Waals surface area contributed by atoms with Gasteiger partial charge in [-0.25, -0.2) is 0 Å². The van der Waals surface area contributed by atoms with Crippen molar-refractivity contribution in [2.75, 3.05) is 26.3 Å². The van der Waals surface area contributed by atoms with E-state index in [-0.39, 0.29) is 12.5 Å². The molecule has 2 atom stereocenters. The zero-order valence-electron chi connectivity index (χ0n) is 11.6. The van der Waals surface area contributed by atoms with E-state index < -0.39 is 11.9 Å². The number of hydrogen-bond acceptors (Lipinski definition) is 4. The van der Waals surface area contributed by atoms with Gasteiger partial charge in [0.15, 0.2) is 0 Å². The topological polar surface area (TPSA) is 98.7 Å². The number of carbonyl (C=O) groups is 2. The quantitative estimate of drug-likeness (QED) is 0.673. The van der Waals surface area contributed by atoms with Crippen molar-refractivity contribution in [2.45, 2.75) is 38.6 Å². The third-order valence-electron chi connectivity index (χ3n) is 3.70. The van der Waals surface area contributed by atoms with Crippen molar-refractivity contribution >= 4 is 11.8 Å². The maximum atomic E-state index is 12.2. The van der Waals surface area contributed by atoms with E-state index in [1.54, 1.807) is 4.90 Å². The zero-order chi connectivity index (χ0) is 14.3. The Bertz CT molecular complexity index is 310. The molecule has 0 spiro atoms. The lowest BCUT2D eigenvalue weighted by atomic mass is 9.96. The van der Waals surface area contributed by atoms with E-state index in [0.29, 0.717) is 32.0 Å². The van der Waals surface area contributed by atoms with E-state index in [9.17, 15) is 9.59 Å². The first-order chi connectivity index (χ1) is 9.10. The number of nitrogens with zero attached hydrogens (tertiary/aromatic N) is 1. The molecule has 0 aromatic carbocycles. The maximum absolute atomic E-state index is 12.2. The molecule has 110 valence electrons. The summed E-state index contributed by atoms with van der Waals surface area (Å²) in [6.45, 7) is 3.87. The van der Waals surface area contributed by atoms with Gasteiger partial charge in [0, 0.05) is 13.0 Å². The standard InChI is InChI=1S/C13H25N3O3/c1-2-10(5-6-14)3-4-12(17)16-7-8-19-9-11(16)13(15)18/h10-11H,2-9,14H2,1H3,(H2,15,18). The summed E-state index contributed by atoms with van der Waals surface area (Å²) in [4.78, 5) is 25.0. The van der Waals surface area contributed by atoms with Crippen molar-refractivity contribution in [2.24, 2.45) is 17.4 Å². The van der Waals surface area contributed by atoms with Gasteiger partial charge in [-0.2, -0.15) is 0 Å². The van der Waals surface area contributed by atoms with Crippen molar-refractivity contribution < 1.29 is 14.3 Å². The molecule has 2 unspecified atom stereocenters. The lowest BCUT2D eigenvalue weighted by molar-refractivity contribution is -0.147. The number of carbonyl (C=O) groups excluding carboxylic acids is 2. The molecular formula is C13H25N3O3. The van der Waals surface area contributed by atoms with E-state index in [2.05, 4.69) is 6.92 Å². The van der Waals surface area contributed by atoms with Crippen molar-refractivity contribution in [1.29, 1.82) is 0 Å². The molecule has 1 saturated heterocycles. The number of rotatable bonds is 7. The molecule has 1 aliphatic heterocycles. The minimum Gasteiger partial charge on any atom is -0.377 e. The van der Waals surface area contributed by atoms with Gasteiger partial charge < -0.3 is 21.1 Å². The highest BCUT2D eigenvalue weighted by Gasteiger charge is 2.31. The van der Waals surface area contributed by atoms with Crippen LogP contribution in [0.5, 0.6) is 0 Å². The first-order valence-corrected chi connectivity index (χ1v) is 6.96. The second-order valence-corrected chi connectivity index (χ2v) is 4.97. The van der Waals surface area contributed by atoms with E-state index in [1.807, 2.05) is 0 Å². The highest BCUT2D eigenvalue weighted by molar-refractivity contribution is 5.86. The highest BCUT2D eigenvalue weighted by Crippen LogP contribution is 2.17. The smallest absolute Gasteiger partial charge is 0.242 e. The van der Waals surface area contributed by atoms with E-state index in [1.165, 1.54) is 0 Å². The van der Waals surface area contributed by atoms with Gasteiger partial charge in [-0.05, 0) is 25.3 Å². The summed E-state index contributed by atoms with van der Waals surface area (Å²) < 4.78 is 5.20. The van der Waals surface area contributed by atoms with Gasteiger partial charge in [0.1, 0.15) is 6.04 Å². The Morgan fingerprint density at radius 2 is 2.16 bits per heavy atom. The minimum absolute atomic E-state index is 0.0115. The van der Waals surface area contributed by atoms with Crippen molar-refractivity contribution in [1.82, 2.24) is 4.90 Å². The van der Waals surface area contributed by atoms with Gasteiger partial charge in [-0.3, -0.25) is 9.59 Å². The molecule has 6 nitrogen and oxygen atoms in total. The average Bonchev–Trinajstić information content (AvgIpc) is 2.43. The number of hydrogen-bond donors (Lipinski definition) is 2. The van der Waals surface area contributed by atoms with Crippen molar-refractivity contribution in [3.05, 3.63) is 0 Å². The largest absolute Gasteiger partial charge is 0.377 e. The lowest BCUT2D eigenvalue weighted by Crippen LogP contribution is -2.54. The maximum Gasteiger partial charge on any atom is 0.242 e. The Morgan fingerprint density at radius 1 is 1.42 bits per heavy atom. The summed E-state index contributed by atoms with van der Waals surface area (Å²) in [5.74, 6) is -0.0355. The molecule has 19 heavy (non-hydrogen) atoms. The van der Waals surface area contributed by atoms with Gasteiger partial charge in [0.2, 0.25) is 11.8 Å². The Morgan fingerprint density at radius 3 is 2.74 bits per heavy atom. The average molecular weight is 271 g/mol. The zero-order valence-corrected chi connectivity index (χ0v) is 11.6. The van der Waals surface area contributed by atoms with Gasteiger partial charge in [0.05, 0.1) is 13.2 Å². The fourth-order valence-electron chi connectivity index (χ4n) is 2.40. The molecule has 1 rings (SSSR count). The minimum atomic E-state index is -0.615. The number of primary amides is 1. The van der Waals surface area contributed by atoms with Crippen LogP contribution in [0.2, 0.25) is 0 Å². The number of amides is 2. The van der Waals surface area contributed by atoms with Crippen LogP contribution in [0.15, 0.2) is 0 Å². The molecule has 0 aromatic heterocycles. The predicted molar refractivity (Wildman–Crippen MR) is 72.2 cm³/mol. The molecule has 0 aliphatic carbocycles. The summed E-state index contributed by atoms with van der Waals surface area (Å²) in [5.41, 5.74) is 10.8. The molecular weight excluding hydrogens is 246 g/mol. The van der Waals surface area contributed by atoms with Gasteiger partial charge in [0.25, 0.3) is 0 Å². The monoisotopic (exact) mass is 271 g/mol. The fourth-order valence-corrected chi connectivity index (χ4v) is 2.40. The number of nitrogens with two attached hydrogens (primary N) is 2. The van der Waals surface area contributed by atoms with E-state index in [4.69, 9.17) is 16.2 Å². The Balaban J connectivity index is 2.48. The first kappa shape index (κ1) is 15.9. The Labute approximate surface area is 114 Å². The van der Waals surface area contributed by atoms with E-state index >= 15 is 0 Å². The summed E-state index contributed by atoms with van der Waals surface area (Å²) in [6, 6.07) is -0.615. The summed E-state index contributed by atoms with van der Waals surface area (Å²) in [5, 5.41) is 0. The second-order valence-electron chi connectivity index (χ2n) is 4.97. The molecule has 6 heteroatoms. The van der Waals surface area contributed by atoms with Gasteiger partial charge >= 0.3 is 0 Å². The SMILES string of the molecule is CCC(CCN)CCC(=O)N1CCOCC1C(N)=O. The summed E-state index contributed by atoms with van der Waals surface area (Å²) >= 11 is 0. The number of ether oxygens (including phenoxy) is 1. The van der Waals surface area contributed by atoms with Gasteiger partial charge in [-0.15, -0.1) is 0 Å². The molecule has 1 heterocycles.